The number of nitrogens with zero attached hydrogens (tertiary/aromatic N) is 2. The minimum Gasteiger partial charge on any atom is -0.493 e. The summed E-state index contributed by atoms with van der Waals surface area (Å²) in [4.78, 5) is 34.2. The van der Waals surface area contributed by atoms with Crippen molar-refractivity contribution in [2.45, 2.75) is 31.6 Å². The Morgan fingerprint density at radius 3 is 2.77 bits per heavy atom. The number of hydrogen-bond donors (Lipinski definition) is 2. The number of methoxy groups -OCH3 is 1. The van der Waals surface area contributed by atoms with Crippen LogP contribution in [0.15, 0.2) is 22.3 Å². The number of aliphatic carboxylic acids is 1. The Bertz CT molecular complexity index is 891. The van der Waals surface area contributed by atoms with Gasteiger partial charge in [-0.2, -0.15) is 5.10 Å². The fourth-order valence-electron chi connectivity index (χ4n) is 2.29. The first kappa shape index (κ1) is 23.5. The summed E-state index contributed by atoms with van der Waals surface area (Å²) in [7, 11) is 1.43. The lowest BCUT2D eigenvalue weighted by molar-refractivity contribution is -0.150. The number of carboxylic acid groups (broad SMARTS) is 1. The Hall–Kier alpha value is -2.79. The number of amides is 1. The molecule has 2 unspecified atom stereocenters. The second-order valence-electron chi connectivity index (χ2n) is 5.88. The van der Waals surface area contributed by atoms with Crippen LogP contribution in [0.5, 0.6) is 11.5 Å². The van der Waals surface area contributed by atoms with Crippen molar-refractivity contribution >= 4 is 52.6 Å². The van der Waals surface area contributed by atoms with Crippen molar-refractivity contribution in [1.82, 2.24) is 5.32 Å². The zero-order chi connectivity index (χ0) is 22.3. The van der Waals surface area contributed by atoms with E-state index in [1.807, 2.05) is 0 Å². The third kappa shape index (κ3) is 6.36. The van der Waals surface area contributed by atoms with Crippen molar-refractivity contribution in [3.8, 4) is 11.5 Å². The molecule has 1 aliphatic rings. The first-order valence-corrected chi connectivity index (χ1v) is 10.0. The predicted octanol–water partition coefficient (Wildman–Crippen LogP) is 2.08. The molecule has 10 nitrogen and oxygen atoms in total. The molecule has 1 aromatic carbocycles. The maximum absolute atomic E-state index is 11.8. The van der Waals surface area contributed by atoms with Crippen LogP contribution in [-0.2, 0) is 19.1 Å². The van der Waals surface area contributed by atoms with Crippen molar-refractivity contribution in [1.29, 1.82) is 0 Å². The Morgan fingerprint density at radius 1 is 1.40 bits per heavy atom. The maximum Gasteiger partial charge on any atom is 0.347 e. The van der Waals surface area contributed by atoms with Gasteiger partial charge >= 0.3 is 11.9 Å². The molecule has 2 rings (SSSR count). The molecule has 0 aromatic heterocycles. The highest BCUT2D eigenvalue weighted by molar-refractivity contribution is 8.15. The van der Waals surface area contributed by atoms with Gasteiger partial charge < -0.3 is 24.6 Å². The number of nitrogens with one attached hydrogen (secondary N) is 1. The summed E-state index contributed by atoms with van der Waals surface area (Å²) >= 11 is 7.23. The van der Waals surface area contributed by atoms with Crippen molar-refractivity contribution in [2.24, 2.45) is 10.2 Å². The van der Waals surface area contributed by atoms with Gasteiger partial charge in [-0.3, -0.25) is 9.59 Å². The third-order valence-corrected chi connectivity index (χ3v) is 5.09. The Kier molecular flexibility index (Phi) is 8.48. The summed E-state index contributed by atoms with van der Waals surface area (Å²) < 4.78 is 15.8. The van der Waals surface area contributed by atoms with Crippen molar-refractivity contribution in [2.75, 3.05) is 13.7 Å². The minimum atomic E-state index is -1.08. The van der Waals surface area contributed by atoms with E-state index in [4.69, 9.17) is 30.9 Å². The van der Waals surface area contributed by atoms with Crippen molar-refractivity contribution in [3.05, 3.63) is 22.7 Å². The topological polar surface area (TPSA) is 136 Å². The van der Waals surface area contributed by atoms with Gasteiger partial charge in [-0.25, -0.2) is 4.79 Å². The lowest BCUT2D eigenvalue weighted by atomic mass is 10.2. The first-order chi connectivity index (χ1) is 14.2. The van der Waals surface area contributed by atoms with Gasteiger partial charge in [0.2, 0.25) is 5.91 Å². The number of hydrogen-bond acceptors (Lipinski definition) is 9. The van der Waals surface area contributed by atoms with Crippen LogP contribution in [-0.4, -0.2) is 59.4 Å². The highest BCUT2D eigenvalue weighted by atomic mass is 35.5. The number of carbonyl (C=O) groups is 3. The largest absolute Gasteiger partial charge is 0.493 e. The molecule has 1 heterocycles. The van der Waals surface area contributed by atoms with E-state index in [1.54, 1.807) is 19.9 Å². The molecule has 12 heteroatoms. The van der Waals surface area contributed by atoms with Gasteiger partial charge in [0.05, 0.1) is 31.4 Å². The van der Waals surface area contributed by atoms with Gasteiger partial charge in [0.1, 0.15) is 5.25 Å². The molecule has 1 amide bonds. The molecule has 0 spiro atoms. The van der Waals surface area contributed by atoms with E-state index in [0.29, 0.717) is 11.3 Å². The van der Waals surface area contributed by atoms with Gasteiger partial charge in [-0.15, -0.1) is 5.10 Å². The highest BCUT2D eigenvalue weighted by Gasteiger charge is 2.32. The fourth-order valence-corrected chi connectivity index (χ4v) is 3.41. The van der Waals surface area contributed by atoms with Crippen LogP contribution in [0.25, 0.3) is 0 Å². The second kappa shape index (κ2) is 10.8. The SMILES string of the molecule is CCOC(=O)C(C)Oc1cc(Cl)c(C=NN=C2NC(=O)C(CC(=O)O)S2)cc1OC. The zero-order valence-electron chi connectivity index (χ0n) is 16.4. The van der Waals surface area contributed by atoms with E-state index in [0.717, 1.165) is 11.8 Å². The molecule has 1 saturated heterocycles. The van der Waals surface area contributed by atoms with Crippen molar-refractivity contribution < 1.29 is 33.7 Å². The van der Waals surface area contributed by atoms with Gasteiger partial charge in [0.25, 0.3) is 0 Å². The normalized spacial score (nSPS) is 18.3. The number of esters is 1. The van der Waals surface area contributed by atoms with E-state index < -0.39 is 29.2 Å². The number of thioether (sulfide) groups is 1. The molecule has 0 bridgehead atoms. The molecular weight excluding hydrogens is 438 g/mol. The molecule has 0 aliphatic carbocycles. The monoisotopic (exact) mass is 457 g/mol. The summed E-state index contributed by atoms with van der Waals surface area (Å²) in [6.07, 6.45) is 0.171. The van der Waals surface area contributed by atoms with Crippen LogP contribution in [0.3, 0.4) is 0 Å². The predicted molar refractivity (Wildman–Crippen MR) is 112 cm³/mol. The molecule has 162 valence electrons. The number of benzene rings is 1. The van der Waals surface area contributed by atoms with Gasteiger partial charge in [0, 0.05) is 11.6 Å². The van der Waals surface area contributed by atoms with Crippen LogP contribution >= 0.6 is 23.4 Å². The summed E-state index contributed by atoms with van der Waals surface area (Å²) in [5.41, 5.74) is 0.449. The number of ether oxygens (including phenoxy) is 3. The molecule has 2 N–H and O–H groups in total. The quantitative estimate of drug-likeness (QED) is 0.327. The molecule has 1 fully saturated rings. The fraction of sp³-hybridized carbons (Fsp3) is 0.389. The molecular formula is C18H20ClN3O7S. The number of halogens is 1. The zero-order valence-corrected chi connectivity index (χ0v) is 18.0. The summed E-state index contributed by atoms with van der Waals surface area (Å²) in [5.74, 6) is -1.47. The van der Waals surface area contributed by atoms with Gasteiger partial charge in [-0.1, -0.05) is 23.4 Å². The van der Waals surface area contributed by atoms with E-state index >= 15 is 0 Å². The van der Waals surface area contributed by atoms with Crippen LogP contribution in [0, 0.1) is 0 Å². The smallest absolute Gasteiger partial charge is 0.347 e. The van der Waals surface area contributed by atoms with Gasteiger partial charge in [0.15, 0.2) is 22.8 Å². The maximum atomic E-state index is 11.8. The first-order valence-electron chi connectivity index (χ1n) is 8.76. The molecule has 0 saturated carbocycles. The average molecular weight is 458 g/mol. The molecule has 1 aliphatic heterocycles. The Morgan fingerprint density at radius 2 is 2.13 bits per heavy atom. The summed E-state index contributed by atoms with van der Waals surface area (Å²) in [6, 6.07) is 3.02. The number of carboxylic acids is 1. The Labute approximate surface area is 181 Å². The van der Waals surface area contributed by atoms with E-state index in [2.05, 4.69) is 15.5 Å². The second-order valence-corrected chi connectivity index (χ2v) is 7.48. The lowest BCUT2D eigenvalue weighted by Crippen LogP contribution is -2.26. The Balaban J connectivity index is 2.12. The van der Waals surface area contributed by atoms with Gasteiger partial charge in [-0.05, 0) is 19.9 Å². The number of amidine groups is 1. The van der Waals surface area contributed by atoms with Crippen LogP contribution in [0.1, 0.15) is 25.8 Å². The molecule has 0 radical (unpaired) electrons. The summed E-state index contributed by atoms with van der Waals surface area (Å²) in [5, 5.41) is 18.7. The highest BCUT2D eigenvalue weighted by Crippen LogP contribution is 2.33. The standard InChI is InChI=1S/C18H20ClN3O7S/c1-4-28-17(26)9(2)29-13-6-11(19)10(5-12(13)27-3)8-20-22-18-21-16(25)14(30-18)7-15(23)24/h5-6,8-9,14H,4,7H2,1-3H3,(H,23,24)(H,21,22,25). The lowest BCUT2D eigenvalue weighted by Gasteiger charge is -2.16. The van der Waals surface area contributed by atoms with Crippen LogP contribution in [0.2, 0.25) is 5.02 Å². The molecule has 1 aromatic rings. The van der Waals surface area contributed by atoms with Crippen LogP contribution < -0.4 is 14.8 Å². The van der Waals surface area contributed by atoms with E-state index in [9.17, 15) is 14.4 Å². The molecule has 30 heavy (non-hydrogen) atoms. The number of carbonyl (C=O) groups excluding carboxylic acids is 2. The third-order valence-electron chi connectivity index (χ3n) is 3.69. The minimum absolute atomic E-state index is 0.189. The van der Waals surface area contributed by atoms with E-state index in [1.165, 1.54) is 19.4 Å². The van der Waals surface area contributed by atoms with Crippen molar-refractivity contribution in [3.63, 3.8) is 0 Å². The molecule has 2 atom stereocenters. The van der Waals surface area contributed by atoms with E-state index in [-0.39, 0.29) is 29.0 Å². The van der Waals surface area contributed by atoms with Crippen LogP contribution in [0.4, 0.5) is 0 Å². The average Bonchev–Trinajstić information content (AvgIpc) is 3.02. The number of rotatable bonds is 9. The summed E-state index contributed by atoms with van der Waals surface area (Å²) in [6.45, 7) is 3.47.